The molecule has 3 rings (SSSR count). The highest BCUT2D eigenvalue weighted by atomic mass is 35.5. The number of nitrogens with zero attached hydrogens (tertiary/aromatic N) is 1. The summed E-state index contributed by atoms with van der Waals surface area (Å²) in [4.78, 5) is 4.19. The van der Waals surface area contributed by atoms with Gasteiger partial charge in [0.2, 0.25) is 5.89 Å². The third-order valence-corrected chi connectivity index (χ3v) is 4.24. The normalized spacial score (nSPS) is 21.0. The van der Waals surface area contributed by atoms with Gasteiger partial charge in [-0.05, 0) is 24.6 Å². The van der Waals surface area contributed by atoms with E-state index in [-0.39, 0.29) is 5.92 Å². The maximum Gasteiger partial charge on any atom is 0.227 e. The van der Waals surface area contributed by atoms with Gasteiger partial charge in [-0.15, -0.1) is 23.2 Å². The fraction of sp³-hybridized carbons (Fsp3) is 0.250. The Balaban J connectivity index is 1.94. The number of hydrogen-bond donors (Lipinski definition) is 0. The summed E-state index contributed by atoms with van der Waals surface area (Å²) in [5.41, 5.74) is 0.697. The highest BCUT2D eigenvalue weighted by Crippen LogP contribution is 2.59. The number of rotatable bonds is 2. The molecule has 1 aliphatic carbocycles. The average molecular weight is 323 g/mol. The average Bonchev–Trinajstić information content (AvgIpc) is 2.74. The van der Waals surface area contributed by atoms with Gasteiger partial charge in [-0.25, -0.2) is 4.98 Å². The highest BCUT2D eigenvalue weighted by Gasteiger charge is 2.54. The number of alkyl halides is 2. The van der Waals surface area contributed by atoms with Crippen molar-refractivity contribution in [1.82, 2.24) is 4.98 Å². The van der Waals surface area contributed by atoms with E-state index in [2.05, 4.69) is 4.98 Å². The predicted octanol–water partition coefficient (Wildman–Crippen LogP) is 5.31. The number of oxazole rings is 1. The molecule has 1 aromatic carbocycles. The lowest BCUT2D eigenvalue weighted by Crippen LogP contribution is -1.86. The Bertz CT molecular complexity index is 608. The van der Waals surface area contributed by atoms with Crippen LogP contribution in [0, 0.1) is 0 Å². The van der Waals surface area contributed by atoms with Gasteiger partial charge in [-0.1, -0.05) is 23.2 Å². The van der Waals surface area contributed by atoms with Gasteiger partial charge in [0.05, 0.1) is 22.7 Å². The first kappa shape index (κ1) is 12.6. The van der Waals surface area contributed by atoms with Gasteiger partial charge in [-0.3, -0.25) is 0 Å². The first-order valence-electron chi connectivity index (χ1n) is 5.26. The van der Waals surface area contributed by atoms with Gasteiger partial charge in [0, 0.05) is 5.02 Å². The van der Waals surface area contributed by atoms with Gasteiger partial charge in [-0.2, -0.15) is 0 Å². The van der Waals surface area contributed by atoms with Crippen molar-refractivity contribution >= 4 is 46.4 Å². The molecule has 18 heavy (non-hydrogen) atoms. The molecule has 0 bridgehead atoms. The predicted molar refractivity (Wildman–Crippen MR) is 73.8 cm³/mol. The molecule has 1 fully saturated rings. The van der Waals surface area contributed by atoms with E-state index in [4.69, 9.17) is 50.8 Å². The fourth-order valence-corrected chi connectivity index (χ4v) is 2.77. The van der Waals surface area contributed by atoms with Crippen molar-refractivity contribution in [2.75, 3.05) is 0 Å². The Morgan fingerprint density at radius 1 is 1.28 bits per heavy atom. The molecule has 0 amide bonds. The standard InChI is InChI=1S/C12H7Cl4NO/c13-6-1-2-7(9(14)3-6)11-17-5-10(18-11)8-4-12(8,15)16/h1-3,5,8H,4H2. The van der Waals surface area contributed by atoms with Crippen molar-refractivity contribution in [3.05, 3.63) is 40.2 Å². The Morgan fingerprint density at radius 2 is 2.00 bits per heavy atom. The van der Waals surface area contributed by atoms with Gasteiger partial charge >= 0.3 is 0 Å². The molecule has 6 heteroatoms. The van der Waals surface area contributed by atoms with Gasteiger partial charge in [0.1, 0.15) is 10.1 Å². The molecule has 1 unspecified atom stereocenters. The van der Waals surface area contributed by atoms with Crippen LogP contribution in [-0.4, -0.2) is 9.32 Å². The Hall–Kier alpha value is -0.410. The lowest BCUT2D eigenvalue weighted by Gasteiger charge is -2.00. The van der Waals surface area contributed by atoms with Crippen LogP contribution in [-0.2, 0) is 0 Å². The van der Waals surface area contributed by atoms with E-state index in [0.717, 1.165) is 0 Å². The SMILES string of the molecule is Clc1ccc(-c2ncc(C3CC3(Cl)Cl)o2)c(Cl)c1. The van der Waals surface area contributed by atoms with Crippen LogP contribution in [0.3, 0.4) is 0 Å². The van der Waals surface area contributed by atoms with Crippen molar-refractivity contribution in [2.24, 2.45) is 0 Å². The molecular formula is C12H7Cl4NO. The van der Waals surface area contributed by atoms with E-state index >= 15 is 0 Å². The first-order chi connectivity index (χ1) is 8.47. The van der Waals surface area contributed by atoms with Gasteiger partial charge < -0.3 is 4.42 Å². The van der Waals surface area contributed by atoms with E-state index in [1.54, 1.807) is 24.4 Å². The summed E-state index contributed by atoms with van der Waals surface area (Å²) in [6.07, 6.45) is 2.32. The van der Waals surface area contributed by atoms with E-state index in [0.29, 0.717) is 33.7 Å². The van der Waals surface area contributed by atoms with Crippen LogP contribution in [0.15, 0.2) is 28.8 Å². The largest absolute Gasteiger partial charge is 0.441 e. The lowest BCUT2D eigenvalue weighted by molar-refractivity contribution is 0.519. The third-order valence-electron chi connectivity index (χ3n) is 2.85. The molecule has 0 N–H and O–H groups in total. The van der Waals surface area contributed by atoms with Crippen molar-refractivity contribution in [3.8, 4) is 11.5 Å². The van der Waals surface area contributed by atoms with E-state index < -0.39 is 4.33 Å². The summed E-state index contributed by atoms with van der Waals surface area (Å²) in [5, 5.41) is 1.06. The van der Waals surface area contributed by atoms with E-state index in [9.17, 15) is 0 Å². The number of aromatic nitrogens is 1. The van der Waals surface area contributed by atoms with Crippen LogP contribution in [0.2, 0.25) is 10.0 Å². The Kier molecular flexibility index (Phi) is 3.02. The highest BCUT2D eigenvalue weighted by molar-refractivity contribution is 6.51. The molecule has 0 saturated heterocycles. The van der Waals surface area contributed by atoms with Crippen LogP contribution in [0.25, 0.3) is 11.5 Å². The summed E-state index contributed by atoms with van der Waals surface area (Å²) < 4.78 is 4.92. The zero-order valence-electron chi connectivity index (χ0n) is 8.96. The third kappa shape index (κ3) is 2.23. The summed E-state index contributed by atoms with van der Waals surface area (Å²) in [6, 6.07) is 5.14. The molecule has 94 valence electrons. The molecule has 1 aromatic heterocycles. The second-order valence-electron chi connectivity index (χ2n) is 4.21. The molecule has 2 aromatic rings. The summed E-state index contributed by atoms with van der Waals surface area (Å²) >= 11 is 23.9. The van der Waals surface area contributed by atoms with Gasteiger partial charge in [0.15, 0.2) is 0 Å². The molecule has 0 aliphatic heterocycles. The first-order valence-corrected chi connectivity index (χ1v) is 6.77. The molecule has 1 heterocycles. The smallest absolute Gasteiger partial charge is 0.227 e. The molecule has 1 saturated carbocycles. The van der Waals surface area contributed by atoms with Crippen molar-refractivity contribution in [3.63, 3.8) is 0 Å². The van der Waals surface area contributed by atoms with Gasteiger partial charge in [0.25, 0.3) is 0 Å². The Morgan fingerprint density at radius 3 is 2.61 bits per heavy atom. The summed E-state index contributed by atoms with van der Waals surface area (Å²) in [7, 11) is 0. The quantitative estimate of drug-likeness (QED) is 0.700. The zero-order valence-corrected chi connectivity index (χ0v) is 12.0. The van der Waals surface area contributed by atoms with Crippen molar-refractivity contribution in [2.45, 2.75) is 16.7 Å². The van der Waals surface area contributed by atoms with Crippen molar-refractivity contribution < 1.29 is 4.42 Å². The van der Waals surface area contributed by atoms with Crippen LogP contribution in [0.4, 0.5) is 0 Å². The molecule has 1 atom stereocenters. The van der Waals surface area contributed by atoms with Crippen molar-refractivity contribution in [1.29, 1.82) is 0 Å². The number of hydrogen-bond acceptors (Lipinski definition) is 2. The maximum atomic E-state index is 6.09. The molecule has 0 radical (unpaired) electrons. The molecule has 1 aliphatic rings. The molecule has 0 spiro atoms. The maximum absolute atomic E-state index is 6.09. The summed E-state index contributed by atoms with van der Waals surface area (Å²) in [5.74, 6) is 1.14. The van der Waals surface area contributed by atoms with E-state index in [1.165, 1.54) is 0 Å². The minimum absolute atomic E-state index is 0.00755. The van der Waals surface area contributed by atoms with Crippen LogP contribution in [0.5, 0.6) is 0 Å². The minimum Gasteiger partial charge on any atom is -0.441 e. The monoisotopic (exact) mass is 321 g/mol. The number of benzene rings is 1. The minimum atomic E-state index is -0.722. The Labute approximate surface area is 124 Å². The van der Waals surface area contributed by atoms with Crippen LogP contribution < -0.4 is 0 Å². The van der Waals surface area contributed by atoms with E-state index in [1.807, 2.05) is 0 Å². The molecule has 2 nitrogen and oxygen atoms in total. The van der Waals surface area contributed by atoms with Crippen LogP contribution in [0.1, 0.15) is 18.1 Å². The lowest BCUT2D eigenvalue weighted by atomic mass is 10.2. The second-order valence-corrected chi connectivity index (χ2v) is 6.60. The topological polar surface area (TPSA) is 26.0 Å². The summed E-state index contributed by atoms with van der Waals surface area (Å²) in [6.45, 7) is 0. The fourth-order valence-electron chi connectivity index (χ4n) is 1.76. The second kappa shape index (κ2) is 4.31. The zero-order chi connectivity index (χ0) is 12.9. The van der Waals surface area contributed by atoms with Crippen LogP contribution >= 0.6 is 46.4 Å². The molecular weight excluding hydrogens is 316 g/mol. The number of halogens is 4.